The second kappa shape index (κ2) is 8.86. The molecule has 29 heavy (non-hydrogen) atoms. The van der Waals surface area contributed by atoms with Crippen LogP contribution in [-0.2, 0) is 28.9 Å². The number of hydrogen-bond acceptors (Lipinski definition) is 5. The maximum atomic E-state index is 12.7. The minimum atomic E-state index is -0.381. The smallest absolute Gasteiger partial charge is 0.341 e. The van der Waals surface area contributed by atoms with Gasteiger partial charge in [0.1, 0.15) is 5.00 Å². The molecule has 0 spiro atoms. The highest BCUT2D eigenvalue weighted by atomic mass is 32.1. The van der Waals surface area contributed by atoms with Crippen molar-refractivity contribution in [3.8, 4) is 0 Å². The minimum absolute atomic E-state index is 0.0543. The Labute approximate surface area is 174 Å². The number of fused-ring (bicyclic) bond motifs is 1. The largest absolute Gasteiger partial charge is 0.459 e. The summed E-state index contributed by atoms with van der Waals surface area (Å²) in [6.45, 7) is 7.37. The number of nitrogens with zero attached hydrogens (tertiary/aromatic N) is 1. The number of esters is 1. The molecule has 0 fully saturated rings. The number of carbonyl (C=O) groups is 3. The van der Waals surface area contributed by atoms with Gasteiger partial charge in [-0.15, -0.1) is 11.3 Å². The molecule has 1 aliphatic carbocycles. The Bertz CT molecular complexity index is 948. The third-order valence-corrected chi connectivity index (χ3v) is 6.07. The summed E-state index contributed by atoms with van der Waals surface area (Å²) in [5.74, 6) is -0.128. The Morgan fingerprint density at radius 2 is 2.10 bits per heavy atom. The third-order valence-electron chi connectivity index (χ3n) is 4.90. The van der Waals surface area contributed by atoms with E-state index in [9.17, 15) is 14.4 Å². The van der Waals surface area contributed by atoms with Crippen LogP contribution in [0.3, 0.4) is 0 Å². The second-order valence-corrected chi connectivity index (χ2v) is 8.98. The normalized spacial score (nSPS) is 15.7. The molecule has 2 aromatic rings. The Hall–Kier alpha value is -2.54. The van der Waals surface area contributed by atoms with E-state index in [4.69, 9.17) is 4.74 Å². The molecule has 0 aromatic carbocycles. The van der Waals surface area contributed by atoms with Gasteiger partial charge < -0.3 is 10.1 Å². The van der Waals surface area contributed by atoms with E-state index in [0.717, 1.165) is 29.7 Å². The number of pyridine rings is 1. The maximum absolute atomic E-state index is 12.7. The molecule has 0 saturated heterocycles. The van der Waals surface area contributed by atoms with Gasteiger partial charge in [-0.2, -0.15) is 4.57 Å². The average Bonchev–Trinajstić information content (AvgIpc) is 2.97. The Kier molecular flexibility index (Phi) is 6.47. The van der Waals surface area contributed by atoms with E-state index in [-0.39, 0.29) is 30.3 Å². The van der Waals surface area contributed by atoms with Crippen molar-refractivity contribution in [2.45, 2.75) is 59.6 Å². The van der Waals surface area contributed by atoms with Gasteiger partial charge in [0.05, 0.1) is 17.2 Å². The Morgan fingerprint density at radius 3 is 2.79 bits per heavy atom. The lowest BCUT2D eigenvalue weighted by molar-refractivity contribution is -0.684. The Morgan fingerprint density at radius 1 is 1.34 bits per heavy atom. The van der Waals surface area contributed by atoms with Crippen LogP contribution in [0.4, 0.5) is 5.00 Å². The fourth-order valence-electron chi connectivity index (χ4n) is 3.49. The van der Waals surface area contributed by atoms with Gasteiger partial charge >= 0.3 is 5.97 Å². The SMILES string of the molecule is CC(=O)c1ccc[n+](CC(=O)Nc2sc3c(c2C(=O)OC(C)C)CC[C@@H](C)C3)c1. The number of amides is 1. The van der Waals surface area contributed by atoms with Gasteiger partial charge in [-0.3, -0.25) is 9.59 Å². The highest BCUT2D eigenvalue weighted by molar-refractivity contribution is 7.17. The number of ether oxygens (including phenoxy) is 1. The predicted octanol–water partition coefficient (Wildman–Crippen LogP) is 3.57. The number of Topliss-reactive ketones (excluding diaryl/α,β-unsaturated/α-hetero) is 1. The van der Waals surface area contributed by atoms with Crippen molar-refractivity contribution in [2.75, 3.05) is 5.32 Å². The van der Waals surface area contributed by atoms with Crippen molar-refractivity contribution >= 4 is 34.0 Å². The zero-order valence-electron chi connectivity index (χ0n) is 17.3. The van der Waals surface area contributed by atoms with Gasteiger partial charge in [0, 0.05) is 10.9 Å². The van der Waals surface area contributed by atoms with Crippen LogP contribution in [0.2, 0.25) is 0 Å². The summed E-state index contributed by atoms with van der Waals surface area (Å²) in [6.07, 6.45) is 5.91. The van der Waals surface area contributed by atoms with Crippen LogP contribution >= 0.6 is 11.3 Å². The van der Waals surface area contributed by atoms with Gasteiger partial charge in [0.25, 0.3) is 5.91 Å². The lowest BCUT2D eigenvalue weighted by atomic mass is 9.88. The monoisotopic (exact) mass is 415 g/mol. The number of thiophene rings is 1. The van der Waals surface area contributed by atoms with E-state index < -0.39 is 0 Å². The molecule has 0 bridgehead atoms. The fraction of sp³-hybridized carbons (Fsp3) is 0.455. The van der Waals surface area contributed by atoms with Crippen molar-refractivity contribution in [3.63, 3.8) is 0 Å². The lowest BCUT2D eigenvalue weighted by Gasteiger charge is -2.18. The van der Waals surface area contributed by atoms with Crippen molar-refractivity contribution in [1.82, 2.24) is 0 Å². The predicted molar refractivity (Wildman–Crippen MR) is 111 cm³/mol. The topological polar surface area (TPSA) is 76.4 Å². The molecule has 6 nitrogen and oxygen atoms in total. The first-order valence-electron chi connectivity index (χ1n) is 9.90. The molecule has 7 heteroatoms. The van der Waals surface area contributed by atoms with Crippen LogP contribution in [0.1, 0.15) is 65.3 Å². The highest BCUT2D eigenvalue weighted by Gasteiger charge is 2.30. The molecule has 2 heterocycles. The van der Waals surface area contributed by atoms with Crippen LogP contribution in [0, 0.1) is 5.92 Å². The number of hydrogen-bond donors (Lipinski definition) is 1. The van der Waals surface area contributed by atoms with E-state index >= 15 is 0 Å². The molecule has 0 unspecified atom stereocenters. The van der Waals surface area contributed by atoms with Crippen LogP contribution in [0.15, 0.2) is 24.5 Å². The number of carbonyl (C=O) groups excluding carboxylic acids is 3. The minimum Gasteiger partial charge on any atom is -0.459 e. The van der Waals surface area contributed by atoms with Crippen molar-refractivity contribution in [3.05, 3.63) is 46.1 Å². The molecule has 0 radical (unpaired) electrons. The number of nitrogens with one attached hydrogen (secondary N) is 1. The van der Waals surface area contributed by atoms with E-state index in [1.54, 1.807) is 29.1 Å². The van der Waals surface area contributed by atoms with Crippen molar-refractivity contribution in [2.24, 2.45) is 5.92 Å². The molecule has 1 aliphatic rings. The molecule has 1 amide bonds. The van der Waals surface area contributed by atoms with E-state index in [2.05, 4.69) is 12.2 Å². The first kappa shape index (κ1) is 21.2. The lowest BCUT2D eigenvalue weighted by Crippen LogP contribution is -2.40. The van der Waals surface area contributed by atoms with Crippen molar-refractivity contribution < 1.29 is 23.7 Å². The van der Waals surface area contributed by atoms with Gasteiger partial charge in [0.15, 0.2) is 18.2 Å². The standard InChI is InChI=1S/C22H26N2O4S/c1-13(2)28-22(27)20-17-8-7-14(3)10-18(17)29-21(20)23-19(26)12-24-9-5-6-16(11-24)15(4)25/h5-6,9,11,13-14H,7-8,10,12H2,1-4H3/p+1/t14-/m1/s1. The highest BCUT2D eigenvalue weighted by Crippen LogP contribution is 2.40. The Balaban J connectivity index is 1.84. The van der Waals surface area contributed by atoms with Crippen LogP contribution in [0.25, 0.3) is 0 Å². The molecule has 1 N–H and O–H groups in total. The van der Waals surface area contributed by atoms with Gasteiger partial charge in [-0.05, 0) is 57.6 Å². The molecule has 1 atom stereocenters. The first-order chi connectivity index (χ1) is 13.7. The maximum Gasteiger partial charge on any atom is 0.341 e. The first-order valence-corrected chi connectivity index (χ1v) is 10.7. The van der Waals surface area contributed by atoms with E-state index in [0.29, 0.717) is 22.0 Å². The molecule has 154 valence electrons. The summed E-state index contributed by atoms with van der Waals surface area (Å²) >= 11 is 1.47. The summed E-state index contributed by atoms with van der Waals surface area (Å²) < 4.78 is 7.10. The molecule has 3 rings (SSSR count). The molecular formula is C22H27N2O4S+. The number of anilines is 1. The number of aromatic nitrogens is 1. The van der Waals surface area contributed by atoms with Crippen molar-refractivity contribution in [1.29, 1.82) is 0 Å². The van der Waals surface area contributed by atoms with Gasteiger partial charge in [0.2, 0.25) is 6.54 Å². The molecular weight excluding hydrogens is 388 g/mol. The van der Waals surface area contributed by atoms with Gasteiger partial charge in [-0.1, -0.05) is 6.92 Å². The number of ketones is 1. The van der Waals surface area contributed by atoms with Crippen LogP contribution < -0.4 is 9.88 Å². The van der Waals surface area contributed by atoms with Crippen LogP contribution in [-0.4, -0.2) is 23.8 Å². The summed E-state index contributed by atoms with van der Waals surface area (Å²) in [4.78, 5) is 38.1. The molecule has 0 aliphatic heterocycles. The summed E-state index contributed by atoms with van der Waals surface area (Å²) in [5.41, 5.74) is 2.06. The van der Waals surface area contributed by atoms with Gasteiger partial charge in [-0.25, -0.2) is 4.79 Å². The summed E-state index contributed by atoms with van der Waals surface area (Å²) in [5, 5.41) is 3.47. The average molecular weight is 416 g/mol. The second-order valence-electron chi connectivity index (χ2n) is 7.88. The zero-order chi connectivity index (χ0) is 21.1. The molecule has 2 aromatic heterocycles. The molecule has 0 saturated carbocycles. The summed E-state index contributed by atoms with van der Waals surface area (Å²) in [6, 6.07) is 3.45. The number of rotatable bonds is 6. The fourth-order valence-corrected chi connectivity index (χ4v) is 4.90. The van der Waals surface area contributed by atoms with E-state index in [1.807, 2.05) is 13.8 Å². The quantitative estimate of drug-likeness (QED) is 0.445. The summed E-state index contributed by atoms with van der Waals surface area (Å²) in [7, 11) is 0. The van der Waals surface area contributed by atoms with E-state index in [1.165, 1.54) is 18.3 Å². The third kappa shape index (κ3) is 5.09. The zero-order valence-corrected chi connectivity index (χ0v) is 18.1. The van der Waals surface area contributed by atoms with Crippen LogP contribution in [0.5, 0.6) is 0 Å².